The molecule has 0 unspecified atom stereocenters. The molecule has 0 bridgehead atoms. The Labute approximate surface area is 351 Å². The van der Waals surface area contributed by atoms with Crippen molar-refractivity contribution < 1.29 is 0 Å². The summed E-state index contributed by atoms with van der Waals surface area (Å²) in [7, 11) is 0. The fourth-order valence-corrected chi connectivity index (χ4v) is 7.95. The van der Waals surface area contributed by atoms with Gasteiger partial charge in [0, 0.05) is 16.7 Å². The van der Waals surface area contributed by atoms with Crippen molar-refractivity contribution in [2.45, 2.75) is 0 Å². The Hall–Kier alpha value is -7.94. The number of hydrogen-bond donors (Lipinski definition) is 0. The van der Waals surface area contributed by atoms with E-state index in [1.54, 1.807) is 0 Å². The van der Waals surface area contributed by atoms with Gasteiger partial charge >= 0.3 is 0 Å². The van der Waals surface area contributed by atoms with Crippen LogP contribution in [0.5, 0.6) is 0 Å². The fraction of sp³-hybridized carbons (Fsp3) is 0. The van der Waals surface area contributed by atoms with Gasteiger partial charge in [-0.25, -0.2) is 9.97 Å². The van der Waals surface area contributed by atoms with Gasteiger partial charge in [0.05, 0.1) is 11.4 Å². The van der Waals surface area contributed by atoms with E-state index in [2.05, 4.69) is 218 Å². The molecule has 0 saturated carbocycles. The number of benzene rings is 9. The Morgan fingerprint density at radius 1 is 0.167 bits per heavy atom. The Kier molecular flexibility index (Phi) is 10.0. The molecule has 0 amide bonds. The van der Waals surface area contributed by atoms with Crippen molar-refractivity contribution in [2.24, 2.45) is 0 Å². The normalized spacial score (nSPS) is 11.0. The minimum absolute atomic E-state index is 0.698. The first-order valence-electron chi connectivity index (χ1n) is 20.4. The van der Waals surface area contributed by atoms with Gasteiger partial charge in [-0.2, -0.15) is 0 Å². The number of aromatic nitrogens is 2. The molecule has 282 valence electrons. The van der Waals surface area contributed by atoms with Crippen LogP contribution in [0.25, 0.3) is 101 Å². The first-order chi connectivity index (χ1) is 29.7. The lowest BCUT2D eigenvalue weighted by Crippen LogP contribution is -1.96. The van der Waals surface area contributed by atoms with E-state index >= 15 is 0 Å². The molecule has 0 aliphatic carbocycles. The first-order valence-corrected chi connectivity index (χ1v) is 20.4. The predicted octanol–water partition coefficient (Wildman–Crippen LogP) is 15.5. The lowest BCUT2D eigenvalue weighted by molar-refractivity contribution is 1.18. The highest BCUT2D eigenvalue weighted by Crippen LogP contribution is 2.38. The predicted molar refractivity (Wildman–Crippen MR) is 251 cm³/mol. The Bertz CT molecular complexity index is 2990. The molecule has 0 radical (unpaired) electrons. The van der Waals surface area contributed by atoms with Gasteiger partial charge in [0.2, 0.25) is 0 Å². The highest BCUT2D eigenvalue weighted by molar-refractivity contribution is 5.86. The van der Waals surface area contributed by atoms with Crippen LogP contribution in [0, 0.1) is 0 Å². The summed E-state index contributed by atoms with van der Waals surface area (Å²) in [6, 6.07) is 86.2. The van der Waals surface area contributed by atoms with Crippen LogP contribution in [0.4, 0.5) is 0 Å². The second kappa shape index (κ2) is 16.5. The second-order valence-electron chi connectivity index (χ2n) is 15.1. The molecule has 0 saturated heterocycles. The van der Waals surface area contributed by atoms with E-state index in [0.29, 0.717) is 5.82 Å². The van der Waals surface area contributed by atoms with Crippen molar-refractivity contribution in [3.63, 3.8) is 0 Å². The molecule has 0 fully saturated rings. The Morgan fingerprint density at radius 3 is 0.817 bits per heavy atom. The van der Waals surface area contributed by atoms with E-state index in [9.17, 15) is 0 Å². The molecule has 0 spiro atoms. The summed E-state index contributed by atoms with van der Waals surface area (Å²) in [4.78, 5) is 10.3. The zero-order valence-corrected chi connectivity index (χ0v) is 33.0. The topological polar surface area (TPSA) is 25.8 Å². The van der Waals surface area contributed by atoms with Gasteiger partial charge in [-0.15, -0.1) is 0 Å². The van der Waals surface area contributed by atoms with Crippen LogP contribution in [-0.4, -0.2) is 9.97 Å². The molecule has 1 heterocycles. The van der Waals surface area contributed by atoms with Gasteiger partial charge in [-0.3, -0.25) is 0 Å². The lowest BCUT2D eigenvalue weighted by atomic mass is 9.90. The molecule has 2 nitrogen and oxygen atoms in total. The molecule has 0 N–H and O–H groups in total. The van der Waals surface area contributed by atoms with Gasteiger partial charge in [-0.1, -0.05) is 188 Å². The van der Waals surface area contributed by atoms with Crippen LogP contribution in [0.3, 0.4) is 0 Å². The molecule has 9 aromatic carbocycles. The van der Waals surface area contributed by atoms with Gasteiger partial charge in [-0.05, 0) is 121 Å². The summed E-state index contributed by atoms with van der Waals surface area (Å²) < 4.78 is 0. The first kappa shape index (κ1) is 36.4. The largest absolute Gasteiger partial charge is 0.228 e. The Balaban J connectivity index is 1.12. The fourth-order valence-electron chi connectivity index (χ4n) is 7.95. The average molecular weight is 765 g/mol. The highest BCUT2D eigenvalue weighted by Gasteiger charge is 2.15. The molecular weight excluding hydrogens is 725 g/mol. The molecule has 1 aromatic heterocycles. The molecule has 0 aliphatic rings. The van der Waals surface area contributed by atoms with Crippen molar-refractivity contribution in [1.82, 2.24) is 9.97 Å². The molecule has 2 heteroatoms. The second-order valence-corrected chi connectivity index (χ2v) is 15.1. The maximum Gasteiger partial charge on any atom is 0.160 e. The summed E-state index contributed by atoms with van der Waals surface area (Å²) in [6.45, 7) is 0. The van der Waals surface area contributed by atoms with Gasteiger partial charge < -0.3 is 0 Å². The van der Waals surface area contributed by atoms with E-state index in [4.69, 9.17) is 9.97 Å². The monoisotopic (exact) mass is 764 g/mol. The zero-order chi connectivity index (χ0) is 40.1. The lowest BCUT2D eigenvalue weighted by Gasteiger charge is -2.15. The van der Waals surface area contributed by atoms with Crippen LogP contribution in [-0.2, 0) is 0 Å². The summed E-state index contributed by atoms with van der Waals surface area (Å²) in [5.74, 6) is 0.698. The quantitative estimate of drug-likeness (QED) is 0.146. The molecule has 10 rings (SSSR count). The standard InChI is InChI=1S/C58H40N2/c1-6-18-41(19-7-1)46-28-16-29-47(32-46)52-34-50(42-20-8-2-9-21-42)35-53(37-52)48-30-17-31-49(33-48)54-36-51(43-22-10-3-11-23-43)38-55(39-54)57-40-56(44-24-12-4-13-25-44)59-58(60-57)45-26-14-5-15-27-45/h1-40H. The van der Waals surface area contributed by atoms with Gasteiger partial charge in [0.25, 0.3) is 0 Å². The minimum atomic E-state index is 0.698. The third-order valence-electron chi connectivity index (χ3n) is 11.0. The van der Waals surface area contributed by atoms with Crippen LogP contribution in [0.2, 0.25) is 0 Å². The SMILES string of the molecule is c1ccc(-c2cccc(-c3cc(-c4ccccc4)cc(-c4cccc(-c5cc(-c6ccccc6)cc(-c6cc(-c7ccccc7)nc(-c7ccccc7)n6)c5)c4)c3)c2)cc1. The smallest absolute Gasteiger partial charge is 0.160 e. The van der Waals surface area contributed by atoms with Crippen molar-refractivity contribution in [2.75, 3.05) is 0 Å². The van der Waals surface area contributed by atoms with E-state index in [0.717, 1.165) is 61.5 Å². The van der Waals surface area contributed by atoms with Crippen molar-refractivity contribution in [3.05, 3.63) is 243 Å². The average Bonchev–Trinajstić information content (AvgIpc) is 3.35. The van der Waals surface area contributed by atoms with Gasteiger partial charge in [0.1, 0.15) is 0 Å². The molecule has 60 heavy (non-hydrogen) atoms. The summed E-state index contributed by atoms with van der Waals surface area (Å²) >= 11 is 0. The number of hydrogen-bond acceptors (Lipinski definition) is 2. The third kappa shape index (κ3) is 7.83. The highest BCUT2D eigenvalue weighted by atomic mass is 14.9. The van der Waals surface area contributed by atoms with Gasteiger partial charge in [0.15, 0.2) is 5.82 Å². The summed E-state index contributed by atoms with van der Waals surface area (Å²) in [5, 5.41) is 0. The van der Waals surface area contributed by atoms with Crippen molar-refractivity contribution >= 4 is 0 Å². The van der Waals surface area contributed by atoms with Crippen LogP contribution in [0.15, 0.2) is 243 Å². The van der Waals surface area contributed by atoms with E-state index in [1.165, 1.54) is 33.4 Å². The maximum atomic E-state index is 5.23. The molecule has 0 aliphatic heterocycles. The summed E-state index contributed by atoms with van der Waals surface area (Å²) in [5.41, 5.74) is 18.8. The summed E-state index contributed by atoms with van der Waals surface area (Å²) in [6.07, 6.45) is 0. The third-order valence-corrected chi connectivity index (χ3v) is 11.0. The Morgan fingerprint density at radius 2 is 0.417 bits per heavy atom. The maximum absolute atomic E-state index is 5.23. The van der Waals surface area contributed by atoms with Crippen LogP contribution in [0.1, 0.15) is 0 Å². The van der Waals surface area contributed by atoms with Crippen LogP contribution < -0.4 is 0 Å². The van der Waals surface area contributed by atoms with E-state index < -0.39 is 0 Å². The van der Waals surface area contributed by atoms with Crippen molar-refractivity contribution in [3.8, 4) is 101 Å². The van der Waals surface area contributed by atoms with E-state index in [-0.39, 0.29) is 0 Å². The van der Waals surface area contributed by atoms with Crippen molar-refractivity contribution in [1.29, 1.82) is 0 Å². The molecule has 10 aromatic rings. The molecular formula is C58H40N2. The number of nitrogens with zero attached hydrogens (tertiary/aromatic N) is 2. The molecule has 0 atom stereocenters. The minimum Gasteiger partial charge on any atom is -0.228 e. The van der Waals surface area contributed by atoms with E-state index in [1.807, 2.05) is 24.3 Å². The zero-order valence-electron chi connectivity index (χ0n) is 33.0. The number of rotatable bonds is 9. The van der Waals surface area contributed by atoms with Crippen LogP contribution >= 0.6 is 0 Å².